The van der Waals surface area contributed by atoms with Crippen molar-refractivity contribution in [2.24, 2.45) is 5.92 Å². The van der Waals surface area contributed by atoms with Gasteiger partial charge >= 0.3 is 0 Å². The van der Waals surface area contributed by atoms with Crippen LogP contribution in [0, 0.1) is 18.7 Å². The summed E-state index contributed by atoms with van der Waals surface area (Å²) in [6, 6.07) is 12.1. The van der Waals surface area contributed by atoms with Crippen LogP contribution in [0.4, 0.5) is 10.1 Å². The van der Waals surface area contributed by atoms with Crippen molar-refractivity contribution in [1.82, 2.24) is 9.80 Å². The van der Waals surface area contributed by atoms with Gasteiger partial charge in [0, 0.05) is 43.8 Å². The van der Waals surface area contributed by atoms with Crippen LogP contribution < -0.4 is 10.1 Å². The number of rotatable bonds is 7. The van der Waals surface area contributed by atoms with Crippen LogP contribution in [-0.2, 0) is 16.1 Å². The van der Waals surface area contributed by atoms with Gasteiger partial charge in [0.2, 0.25) is 5.91 Å². The van der Waals surface area contributed by atoms with Gasteiger partial charge < -0.3 is 15.0 Å². The fraction of sp³-hybridized carbons (Fsp3) is 0.481. The summed E-state index contributed by atoms with van der Waals surface area (Å²) in [6.07, 6.45) is 4.33. The molecule has 2 fully saturated rings. The molecule has 0 unspecified atom stereocenters. The first-order valence-electron chi connectivity index (χ1n) is 12.2. The van der Waals surface area contributed by atoms with E-state index in [-0.39, 0.29) is 30.3 Å². The number of para-hydroxylation sites is 1. The second-order valence-corrected chi connectivity index (χ2v) is 9.48. The number of carbonyl (C=O) groups excluding carboxylic acids is 2. The lowest BCUT2D eigenvalue weighted by atomic mass is 10.0. The van der Waals surface area contributed by atoms with Crippen molar-refractivity contribution in [3.05, 3.63) is 59.4 Å². The number of nitrogens with zero attached hydrogens (tertiary/aromatic N) is 2. The highest BCUT2D eigenvalue weighted by Crippen LogP contribution is 2.29. The molecule has 1 aliphatic carbocycles. The topological polar surface area (TPSA) is 61.9 Å². The van der Waals surface area contributed by atoms with Crippen molar-refractivity contribution in [2.75, 3.05) is 31.6 Å². The lowest BCUT2D eigenvalue weighted by Gasteiger charge is -2.41. The van der Waals surface area contributed by atoms with E-state index < -0.39 is 0 Å². The average Bonchev–Trinajstić information content (AvgIpc) is 3.36. The number of nitrogens with one attached hydrogen (secondary N) is 1. The fourth-order valence-electron chi connectivity index (χ4n) is 5.03. The second-order valence-electron chi connectivity index (χ2n) is 9.48. The van der Waals surface area contributed by atoms with E-state index in [1.807, 2.05) is 30.0 Å². The standard InChI is InChI=1S/C27H34FN3O3/c1-19-16-30(12-13-31(19)27(33)21-8-6-7-9-21)17-22-14-23(28)15-25(20(22)2)29-26(32)18-34-24-10-4-3-5-11-24/h3-5,10-11,14-15,19,21H,6-9,12-13,16-18H2,1-2H3,(H,29,32)/t19-/m0/s1. The number of carbonyl (C=O) groups is 2. The number of piperazine rings is 1. The molecule has 1 N–H and O–H groups in total. The van der Waals surface area contributed by atoms with Gasteiger partial charge in [-0.3, -0.25) is 14.5 Å². The Morgan fingerprint density at radius 3 is 2.56 bits per heavy atom. The molecule has 1 heterocycles. The molecule has 0 bridgehead atoms. The highest BCUT2D eigenvalue weighted by atomic mass is 19.1. The fourth-order valence-corrected chi connectivity index (χ4v) is 5.03. The van der Waals surface area contributed by atoms with Crippen LogP contribution in [0.15, 0.2) is 42.5 Å². The summed E-state index contributed by atoms with van der Waals surface area (Å²) in [4.78, 5) is 29.6. The third-order valence-corrected chi connectivity index (χ3v) is 6.96. The van der Waals surface area contributed by atoms with Gasteiger partial charge in [0.15, 0.2) is 6.61 Å². The Kier molecular flexibility index (Phi) is 7.83. The summed E-state index contributed by atoms with van der Waals surface area (Å²) in [5.41, 5.74) is 2.13. The van der Waals surface area contributed by atoms with Crippen molar-refractivity contribution in [2.45, 2.75) is 52.1 Å². The summed E-state index contributed by atoms with van der Waals surface area (Å²) >= 11 is 0. The van der Waals surface area contributed by atoms with Crippen LogP contribution in [0.3, 0.4) is 0 Å². The van der Waals surface area contributed by atoms with Crippen molar-refractivity contribution in [3.63, 3.8) is 0 Å². The van der Waals surface area contributed by atoms with Crippen LogP contribution in [-0.4, -0.2) is 53.9 Å². The van der Waals surface area contributed by atoms with E-state index in [1.165, 1.54) is 12.1 Å². The molecular formula is C27H34FN3O3. The van der Waals surface area contributed by atoms with E-state index in [4.69, 9.17) is 4.74 Å². The van der Waals surface area contributed by atoms with Gasteiger partial charge in [-0.1, -0.05) is 31.0 Å². The molecule has 4 rings (SSSR count). The zero-order valence-electron chi connectivity index (χ0n) is 20.1. The number of hydrogen-bond acceptors (Lipinski definition) is 4. The minimum Gasteiger partial charge on any atom is -0.484 e. The molecule has 2 aromatic rings. The molecule has 1 saturated carbocycles. The molecular weight excluding hydrogens is 433 g/mol. The van der Waals surface area contributed by atoms with E-state index in [0.717, 1.165) is 49.9 Å². The minimum atomic E-state index is -0.386. The smallest absolute Gasteiger partial charge is 0.262 e. The maximum Gasteiger partial charge on any atom is 0.262 e. The Morgan fingerprint density at radius 1 is 1.12 bits per heavy atom. The Bertz CT molecular complexity index is 1010. The van der Waals surface area contributed by atoms with Gasteiger partial charge in [0.05, 0.1) is 0 Å². The monoisotopic (exact) mass is 467 g/mol. The Balaban J connectivity index is 1.35. The quantitative estimate of drug-likeness (QED) is 0.657. The molecule has 2 aliphatic rings. The van der Waals surface area contributed by atoms with Crippen molar-refractivity contribution in [1.29, 1.82) is 0 Å². The summed E-state index contributed by atoms with van der Waals surface area (Å²) in [5.74, 6) is 0.374. The van der Waals surface area contributed by atoms with E-state index in [2.05, 4.69) is 17.1 Å². The average molecular weight is 468 g/mol. The van der Waals surface area contributed by atoms with Crippen molar-refractivity contribution < 1.29 is 18.7 Å². The second kappa shape index (κ2) is 11.0. The Labute approximate surface area is 201 Å². The first-order valence-corrected chi connectivity index (χ1v) is 12.2. The number of ether oxygens (including phenoxy) is 1. The largest absolute Gasteiger partial charge is 0.484 e. The normalized spacial score (nSPS) is 19.3. The SMILES string of the molecule is Cc1c(CN2CCN(C(=O)C3CCCC3)[C@@H](C)C2)cc(F)cc1NC(=O)COc1ccccc1. The molecule has 0 spiro atoms. The third-order valence-electron chi connectivity index (χ3n) is 6.96. The molecule has 6 nitrogen and oxygen atoms in total. The zero-order valence-corrected chi connectivity index (χ0v) is 20.1. The van der Waals surface area contributed by atoms with Gasteiger partial charge in [0.25, 0.3) is 5.91 Å². The van der Waals surface area contributed by atoms with E-state index in [9.17, 15) is 14.0 Å². The maximum absolute atomic E-state index is 14.4. The summed E-state index contributed by atoms with van der Waals surface area (Å²) < 4.78 is 19.9. The lowest BCUT2D eigenvalue weighted by Crippen LogP contribution is -2.54. The predicted molar refractivity (Wildman–Crippen MR) is 130 cm³/mol. The highest BCUT2D eigenvalue weighted by Gasteiger charge is 2.33. The van der Waals surface area contributed by atoms with Gasteiger partial charge in [-0.2, -0.15) is 0 Å². The van der Waals surface area contributed by atoms with Gasteiger partial charge in [-0.15, -0.1) is 0 Å². The van der Waals surface area contributed by atoms with E-state index in [1.54, 1.807) is 12.1 Å². The molecule has 0 radical (unpaired) electrons. The molecule has 2 amide bonds. The van der Waals surface area contributed by atoms with E-state index in [0.29, 0.717) is 30.4 Å². The number of anilines is 1. The first-order chi connectivity index (χ1) is 16.4. The van der Waals surface area contributed by atoms with Crippen LogP contribution >= 0.6 is 0 Å². The molecule has 182 valence electrons. The maximum atomic E-state index is 14.4. The van der Waals surface area contributed by atoms with Crippen molar-refractivity contribution in [3.8, 4) is 5.75 Å². The Hall–Kier alpha value is -2.93. The van der Waals surface area contributed by atoms with Crippen LogP contribution in [0.25, 0.3) is 0 Å². The Morgan fingerprint density at radius 2 is 1.85 bits per heavy atom. The van der Waals surface area contributed by atoms with Crippen LogP contribution in [0.1, 0.15) is 43.7 Å². The van der Waals surface area contributed by atoms with Crippen molar-refractivity contribution >= 4 is 17.5 Å². The summed E-state index contributed by atoms with van der Waals surface area (Å²) in [5, 5.41) is 2.79. The van der Waals surface area contributed by atoms with Gasteiger partial charge in [-0.25, -0.2) is 4.39 Å². The summed E-state index contributed by atoms with van der Waals surface area (Å²) in [6.45, 7) is 6.62. The molecule has 1 saturated heterocycles. The number of amides is 2. The lowest BCUT2D eigenvalue weighted by molar-refractivity contribution is -0.140. The summed E-state index contributed by atoms with van der Waals surface area (Å²) in [7, 11) is 0. The molecule has 7 heteroatoms. The molecule has 1 aliphatic heterocycles. The number of hydrogen-bond donors (Lipinski definition) is 1. The van der Waals surface area contributed by atoms with Gasteiger partial charge in [0.1, 0.15) is 11.6 Å². The minimum absolute atomic E-state index is 0.130. The third kappa shape index (κ3) is 5.95. The molecule has 34 heavy (non-hydrogen) atoms. The van der Waals surface area contributed by atoms with Crippen LogP contribution in [0.2, 0.25) is 0 Å². The predicted octanol–water partition coefficient (Wildman–Crippen LogP) is 4.37. The zero-order chi connectivity index (χ0) is 24.1. The van der Waals surface area contributed by atoms with Gasteiger partial charge in [-0.05, 0) is 62.1 Å². The van der Waals surface area contributed by atoms with Crippen LogP contribution in [0.5, 0.6) is 5.75 Å². The number of benzene rings is 2. The molecule has 0 aromatic heterocycles. The highest BCUT2D eigenvalue weighted by molar-refractivity contribution is 5.92. The molecule has 2 aromatic carbocycles. The first kappa shape index (κ1) is 24.2. The molecule has 1 atom stereocenters. The number of halogens is 1. The van der Waals surface area contributed by atoms with E-state index >= 15 is 0 Å².